The Labute approximate surface area is 143 Å². The van der Waals surface area contributed by atoms with Crippen molar-refractivity contribution in [2.45, 2.75) is 63.3 Å². The van der Waals surface area contributed by atoms with E-state index in [-0.39, 0.29) is 12.0 Å². The molecule has 0 radical (unpaired) electrons. The number of nitrogens with zero attached hydrogens (tertiary/aromatic N) is 5. The first-order valence-electron chi connectivity index (χ1n) is 9.29. The van der Waals surface area contributed by atoms with Crippen LogP contribution in [0.4, 0.5) is 0 Å². The zero-order chi connectivity index (χ0) is 16.4. The molecule has 0 spiro atoms. The first-order chi connectivity index (χ1) is 11.8. The maximum Gasteiger partial charge on any atom is 0.237 e. The van der Waals surface area contributed by atoms with Crippen LogP contribution in [0.1, 0.15) is 38.5 Å². The van der Waals surface area contributed by atoms with Crippen molar-refractivity contribution in [1.29, 1.82) is 0 Å². The van der Waals surface area contributed by atoms with Gasteiger partial charge in [-0.3, -0.25) is 14.4 Å². The van der Waals surface area contributed by atoms with Gasteiger partial charge in [0.2, 0.25) is 5.91 Å². The van der Waals surface area contributed by atoms with Gasteiger partial charge in [-0.1, -0.05) is 12.8 Å². The number of fused-ring (bicyclic) bond motifs is 1. The van der Waals surface area contributed by atoms with Crippen LogP contribution >= 0.6 is 0 Å². The fraction of sp³-hybridized carbons (Fsp3) is 0.824. The number of hydrogen-bond acceptors (Lipinski definition) is 5. The molecular formula is C17H27N5O2. The molecule has 0 N–H and O–H groups in total. The van der Waals surface area contributed by atoms with Crippen LogP contribution in [0.25, 0.3) is 0 Å². The number of amides is 1. The Morgan fingerprint density at radius 1 is 1.17 bits per heavy atom. The fourth-order valence-corrected chi connectivity index (χ4v) is 4.52. The molecule has 4 rings (SSSR count). The van der Waals surface area contributed by atoms with E-state index in [4.69, 9.17) is 4.74 Å². The molecule has 24 heavy (non-hydrogen) atoms. The number of likely N-dealkylation sites (tertiary alicyclic amines) is 1. The van der Waals surface area contributed by atoms with Crippen molar-refractivity contribution in [3.63, 3.8) is 0 Å². The van der Waals surface area contributed by atoms with Crippen molar-refractivity contribution in [2.75, 3.05) is 26.2 Å². The minimum absolute atomic E-state index is 0.265. The molecule has 1 aromatic rings. The number of ether oxygens (including phenoxy) is 1. The quantitative estimate of drug-likeness (QED) is 0.820. The standard InChI is InChI=1S/C17H27N5O2/c23-17(22-8-9-24-16-6-2-1-5-15(16)22)11-20-7-3-4-14(20)10-21-13-18-12-19-21/h12-16H,1-11H2/t14-,15+,16+/m1/s1. The van der Waals surface area contributed by atoms with Crippen molar-refractivity contribution >= 4 is 5.91 Å². The Balaban J connectivity index is 1.37. The van der Waals surface area contributed by atoms with Crippen LogP contribution in [-0.4, -0.2) is 74.9 Å². The Morgan fingerprint density at radius 3 is 2.96 bits per heavy atom. The van der Waals surface area contributed by atoms with Gasteiger partial charge in [0.15, 0.2) is 0 Å². The molecule has 3 aliphatic rings. The second-order valence-corrected chi connectivity index (χ2v) is 7.23. The summed E-state index contributed by atoms with van der Waals surface area (Å²) in [4.78, 5) is 21.4. The third-order valence-electron chi connectivity index (χ3n) is 5.75. The molecule has 0 aromatic carbocycles. The van der Waals surface area contributed by atoms with Crippen LogP contribution in [0, 0.1) is 0 Å². The van der Waals surface area contributed by atoms with E-state index < -0.39 is 0 Å². The summed E-state index contributed by atoms with van der Waals surface area (Å²) < 4.78 is 7.77. The van der Waals surface area contributed by atoms with E-state index in [1.54, 1.807) is 12.7 Å². The summed E-state index contributed by atoms with van der Waals surface area (Å²) in [6, 6.07) is 0.690. The Hall–Kier alpha value is -1.47. The molecule has 1 amide bonds. The van der Waals surface area contributed by atoms with E-state index in [0.29, 0.717) is 25.2 Å². The molecule has 3 atom stereocenters. The fourth-order valence-electron chi connectivity index (χ4n) is 4.52. The van der Waals surface area contributed by atoms with Crippen molar-refractivity contribution in [1.82, 2.24) is 24.6 Å². The molecule has 7 heteroatoms. The normalized spacial score (nSPS) is 31.2. The van der Waals surface area contributed by atoms with E-state index in [9.17, 15) is 4.79 Å². The first-order valence-corrected chi connectivity index (χ1v) is 9.29. The summed E-state index contributed by atoms with van der Waals surface area (Å²) in [5.41, 5.74) is 0. The minimum Gasteiger partial charge on any atom is -0.374 e. The molecule has 1 aliphatic carbocycles. The highest BCUT2D eigenvalue weighted by atomic mass is 16.5. The van der Waals surface area contributed by atoms with Gasteiger partial charge in [-0.15, -0.1) is 0 Å². The molecule has 7 nitrogen and oxygen atoms in total. The molecule has 132 valence electrons. The average Bonchev–Trinajstić information content (AvgIpc) is 3.27. The van der Waals surface area contributed by atoms with Crippen molar-refractivity contribution < 1.29 is 9.53 Å². The molecule has 3 heterocycles. The maximum absolute atomic E-state index is 13.0. The minimum atomic E-state index is 0.265. The van der Waals surface area contributed by atoms with Gasteiger partial charge in [0.25, 0.3) is 0 Å². The van der Waals surface area contributed by atoms with E-state index in [1.807, 2.05) is 4.68 Å². The highest BCUT2D eigenvalue weighted by molar-refractivity contribution is 5.79. The topological polar surface area (TPSA) is 63.5 Å². The van der Waals surface area contributed by atoms with Gasteiger partial charge in [0.05, 0.1) is 31.8 Å². The summed E-state index contributed by atoms with van der Waals surface area (Å²) in [5.74, 6) is 0.278. The Bertz CT molecular complexity index is 547. The van der Waals surface area contributed by atoms with E-state index >= 15 is 0 Å². The lowest BCUT2D eigenvalue weighted by atomic mass is 9.90. The number of carbonyl (C=O) groups excluding carboxylic acids is 1. The third-order valence-corrected chi connectivity index (χ3v) is 5.75. The summed E-state index contributed by atoms with van der Waals surface area (Å²) in [7, 11) is 0. The second-order valence-electron chi connectivity index (χ2n) is 7.23. The third kappa shape index (κ3) is 3.32. The highest BCUT2D eigenvalue weighted by Gasteiger charge is 2.38. The number of carbonyl (C=O) groups is 1. The van der Waals surface area contributed by atoms with Gasteiger partial charge in [-0.05, 0) is 32.2 Å². The number of morpholine rings is 1. The SMILES string of the molecule is O=C(CN1CCC[C@@H]1Cn1cncn1)N1CCO[C@H]2CCCC[C@@H]21. The summed E-state index contributed by atoms with van der Waals surface area (Å²) in [6.45, 7) is 3.80. The monoisotopic (exact) mass is 333 g/mol. The van der Waals surface area contributed by atoms with Gasteiger partial charge in [0, 0.05) is 12.6 Å². The molecule has 0 bridgehead atoms. The number of aromatic nitrogens is 3. The summed E-state index contributed by atoms with van der Waals surface area (Å²) in [6.07, 6.45) is 10.5. The molecular weight excluding hydrogens is 306 g/mol. The first kappa shape index (κ1) is 16.0. The Morgan fingerprint density at radius 2 is 2.08 bits per heavy atom. The van der Waals surface area contributed by atoms with Crippen molar-refractivity contribution in [2.24, 2.45) is 0 Å². The van der Waals surface area contributed by atoms with Crippen LogP contribution < -0.4 is 0 Å². The molecule has 1 saturated carbocycles. The summed E-state index contributed by atoms with van der Waals surface area (Å²) >= 11 is 0. The predicted octanol–water partition coefficient (Wildman–Crippen LogP) is 0.912. The second kappa shape index (κ2) is 7.19. The lowest BCUT2D eigenvalue weighted by Crippen LogP contribution is -2.57. The van der Waals surface area contributed by atoms with Gasteiger partial charge in [0.1, 0.15) is 12.7 Å². The summed E-state index contributed by atoms with van der Waals surface area (Å²) in [5, 5.41) is 4.20. The zero-order valence-corrected chi connectivity index (χ0v) is 14.2. The number of rotatable bonds is 4. The lowest BCUT2D eigenvalue weighted by Gasteiger charge is -2.44. The smallest absolute Gasteiger partial charge is 0.237 e. The zero-order valence-electron chi connectivity index (χ0n) is 14.2. The number of hydrogen-bond donors (Lipinski definition) is 0. The Kier molecular flexibility index (Phi) is 4.80. The van der Waals surface area contributed by atoms with Gasteiger partial charge in [-0.25, -0.2) is 4.98 Å². The molecule has 2 aliphatic heterocycles. The highest BCUT2D eigenvalue weighted by Crippen LogP contribution is 2.29. The predicted molar refractivity (Wildman–Crippen MR) is 88.3 cm³/mol. The van der Waals surface area contributed by atoms with Crippen LogP contribution in [0.2, 0.25) is 0 Å². The average molecular weight is 333 g/mol. The van der Waals surface area contributed by atoms with Crippen molar-refractivity contribution in [3.8, 4) is 0 Å². The van der Waals surface area contributed by atoms with Gasteiger partial charge < -0.3 is 9.64 Å². The molecule has 2 saturated heterocycles. The van der Waals surface area contributed by atoms with Crippen molar-refractivity contribution in [3.05, 3.63) is 12.7 Å². The van der Waals surface area contributed by atoms with E-state index in [1.165, 1.54) is 12.8 Å². The van der Waals surface area contributed by atoms with Crippen LogP contribution in [0.3, 0.4) is 0 Å². The van der Waals surface area contributed by atoms with Crippen LogP contribution in [-0.2, 0) is 16.1 Å². The van der Waals surface area contributed by atoms with Gasteiger partial charge >= 0.3 is 0 Å². The molecule has 1 aromatic heterocycles. The van der Waals surface area contributed by atoms with E-state index in [0.717, 1.165) is 45.3 Å². The maximum atomic E-state index is 13.0. The molecule has 3 fully saturated rings. The largest absolute Gasteiger partial charge is 0.374 e. The van der Waals surface area contributed by atoms with Gasteiger partial charge in [-0.2, -0.15) is 5.10 Å². The molecule has 0 unspecified atom stereocenters. The lowest BCUT2D eigenvalue weighted by molar-refractivity contribution is -0.150. The van der Waals surface area contributed by atoms with E-state index in [2.05, 4.69) is 19.9 Å². The van der Waals surface area contributed by atoms with Crippen LogP contribution in [0.5, 0.6) is 0 Å². The van der Waals surface area contributed by atoms with Crippen LogP contribution in [0.15, 0.2) is 12.7 Å².